The predicted octanol–water partition coefficient (Wildman–Crippen LogP) is 3.34. The number of halogens is 3. The first-order valence-corrected chi connectivity index (χ1v) is 5.35. The number of alkyl halides is 3. The van der Waals surface area contributed by atoms with E-state index >= 15 is 0 Å². The van der Waals surface area contributed by atoms with Crippen LogP contribution in [0.25, 0.3) is 0 Å². The van der Waals surface area contributed by atoms with Crippen molar-refractivity contribution in [2.24, 2.45) is 11.1 Å². The molecule has 0 saturated carbocycles. The fraction of sp³-hybridized carbons (Fsp3) is 0.500. The van der Waals surface area contributed by atoms with Gasteiger partial charge in [0, 0.05) is 11.6 Å². The average Bonchev–Trinajstić information content (AvgIpc) is 2.17. The highest BCUT2D eigenvalue weighted by Gasteiger charge is 2.33. The van der Waals surface area contributed by atoms with Crippen LogP contribution in [0.4, 0.5) is 13.2 Å². The maximum absolute atomic E-state index is 12.1. The number of nitrogens with two attached hydrogens (primary N) is 1. The molecule has 0 spiro atoms. The largest absolute Gasteiger partial charge is 0.573 e. The van der Waals surface area contributed by atoms with Crippen LogP contribution in [0.1, 0.15) is 32.4 Å². The highest BCUT2D eigenvalue weighted by molar-refractivity contribution is 5.47. The van der Waals surface area contributed by atoms with Gasteiger partial charge in [-0.15, -0.1) is 13.2 Å². The molecule has 1 rings (SSSR count). The molecule has 0 saturated heterocycles. The van der Waals surface area contributed by atoms with E-state index in [1.807, 2.05) is 20.8 Å². The molecule has 0 heterocycles. The smallest absolute Gasteiger partial charge is 0.504 e. The van der Waals surface area contributed by atoms with Crippen molar-refractivity contribution in [2.75, 3.05) is 0 Å². The van der Waals surface area contributed by atoms with Gasteiger partial charge >= 0.3 is 6.36 Å². The number of para-hydroxylation sites is 1. The van der Waals surface area contributed by atoms with Crippen LogP contribution in [-0.2, 0) is 0 Å². The molecule has 1 aromatic rings. The summed E-state index contributed by atoms with van der Waals surface area (Å²) >= 11 is 0. The fourth-order valence-corrected chi connectivity index (χ4v) is 1.46. The summed E-state index contributed by atoms with van der Waals surface area (Å²) in [5, 5.41) is 9.78. The third-order valence-corrected chi connectivity index (χ3v) is 2.52. The van der Waals surface area contributed by atoms with Gasteiger partial charge in [0.25, 0.3) is 0 Å². The van der Waals surface area contributed by atoms with Gasteiger partial charge in [-0.05, 0) is 11.5 Å². The van der Waals surface area contributed by atoms with E-state index in [0.29, 0.717) is 0 Å². The maximum Gasteiger partial charge on any atom is 0.573 e. The lowest BCUT2D eigenvalue weighted by atomic mass is 9.82. The van der Waals surface area contributed by atoms with Crippen LogP contribution in [0.2, 0.25) is 0 Å². The number of rotatable bonds is 2. The third kappa shape index (κ3) is 3.53. The van der Waals surface area contributed by atoms with Crippen LogP contribution in [0.15, 0.2) is 18.2 Å². The summed E-state index contributed by atoms with van der Waals surface area (Å²) in [6.07, 6.45) is -4.85. The second-order valence-electron chi connectivity index (χ2n) is 5.09. The minimum absolute atomic E-state index is 0.226. The van der Waals surface area contributed by atoms with Crippen molar-refractivity contribution in [3.8, 4) is 11.5 Å². The van der Waals surface area contributed by atoms with Crippen molar-refractivity contribution in [2.45, 2.75) is 33.2 Å². The number of ether oxygens (including phenoxy) is 1. The Bertz CT molecular complexity index is 424. The molecule has 0 radical (unpaired) electrons. The Hall–Kier alpha value is -1.43. The molecular formula is C12H16F3NO2. The van der Waals surface area contributed by atoms with Crippen LogP contribution in [0.3, 0.4) is 0 Å². The van der Waals surface area contributed by atoms with Gasteiger partial charge in [-0.2, -0.15) is 0 Å². The summed E-state index contributed by atoms with van der Waals surface area (Å²) in [4.78, 5) is 0. The van der Waals surface area contributed by atoms with Crippen molar-refractivity contribution in [3.63, 3.8) is 0 Å². The van der Waals surface area contributed by atoms with Gasteiger partial charge < -0.3 is 15.6 Å². The van der Waals surface area contributed by atoms with Gasteiger partial charge in [0.15, 0.2) is 11.5 Å². The third-order valence-electron chi connectivity index (χ3n) is 2.52. The van der Waals surface area contributed by atoms with E-state index in [2.05, 4.69) is 4.74 Å². The molecule has 0 amide bonds. The number of phenolic OH excluding ortho intramolecular Hbond substituents is 1. The van der Waals surface area contributed by atoms with E-state index in [1.54, 1.807) is 0 Å². The standard InChI is InChI=1S/C12H16F3NO2/c1-11(2,3)10(16)7-5-4-6-8(9(7)17)18-12(13,14)15/h4-6,10,17H,16H2,1-3H3/t10-/m0/s1. The summed E-state index contributed by atoms with van der Waals surface area (Å²) in [6, 6.07) is 3.28. The molecule has 6 heteroatoms. The van der Waals surface area contributed by atoms with E-state index in [1.165, 1.54) is 12.1 Å². The van der Waals surface area contributed by atoms with Crippen LogP contribution in [-0.4, -0.2) is 11.5 Å². The molecule has 3 nitrogen and oxygen atoms in total. The topological polar surface area (TPSA) is 55.5 Å². The molecular weight excluding hydrogens is 247 g/mol. The Kier molecular flexibility index (Phi) is 3.81. The normalized spacial score (nSPS) is 14.4. The second kappa shape index (κ2) is 4.68. The predicted molar refractivity (Wildman–Crippen MR) is 61.2 cm³/mol. The monoisotopic (exact) mass is 263 g/mol. The molecule has 0 aliphatic heterocycles. The second-order valence-corrected chi connectivity index (χ2v) is 5.09. The fourth-order valence-electron chi connectivity index (χ4n) is 1.46. The van der Waals surface area contributed by atoms with Gasteiger partial charge in [0.1, 0.15) is 0 Å². The average molecular weight is 263 g/mol. The first-order valence-electron chi connectivity index (χ1n) is 5.35. The summed E-state index contributed by atoms with van der Waals surface area (Å²) in [5.74, 6) is -1.21. The lowest BCUT2D eigenvalue weighted by molar-refractivity contribution is -0.275. The molecule has 1 atom stereocenters. The molecule has 0 aromatic heterocycles. The zero-order valence-electron chi connectivity index (χ0n) is 10.4. The van der Waals surface area contributed by atoms with E-state index in [0.717, 1.165) is 6.07 Å². The number of hydrogen-bond acceptors (Lipinski definition) is 3. The number of hydrogen-bond donors (Lipinski definition) is 2. The highest BCUT2D eigenvalue weighted by Crippen LogP contribution is 2.41. The molecule has 3 N–H and O–H groups in total. The first kappa shape index (κ1) is 14.6. The van der Waals surface area contributed by atoms with Crippen molar-refractivity contribution in [3.05, 3.63) is 23.8 Å². The lowest BCUT2D eigenvalue weighted by Crippen LogP contribution is -2.26. The van der Waals surface area contributed by atoms with Crippen LogP contribution in [0, 0.1) is 5.41 Å². The molecule has 0 aliphatic carbocycles. The number of benzene rings is 1. The van der Waals surface area contributed by atoms with Gasteiger partial charge in [-0.1, -0.05) is 32.9 Å². The van der Waals surface area contributed by atoms with Crippen molar-refractivity contribution < 1.29 is 23.0 Å². The molecule has 0 unspecified atom stereocenters. The molecule has 0 aliphatic rings. The molecule has 102 valence electrons. The van der Waals surface area contributed by atoms with Gasteiger partial charge in [0.2, 0.25) is 0 Å². The van der Waals surface area contributed by atoms with Gasteiger partial charge in [-0.3, -0.25) is 0 Å². The quantitative estimate of drug-likeness (QED) is 0.860. The molecule has 0 bridgehead atoms. The molecule has 18 heavy (non-hydrogen) atoms. The van der Waals surface area contributed by atoms with E-state index in [9.17, 15) is 18.3 Å². The Balaban J connectivity index is 3.14. The SMILES string of the molecule is CC(C)(C)[C@@H](N)c1cccc(OC(F)(F)F)c1O. The van der Waals surface area contributed by atoms with Crippen LogP contribution < -0.4 is 10.5 Å². The van der Waals surface area contributed by atoms with Gasteiger partial charge in [-0.25, -0.2) is 0 Å². The Morgan fingerprint density at radius 3 is 2.22 bits per heavy atom. The van der Waals surface area contributed by atoms with Gasteiger partial charge in [0.05, 0.1) is 0 Å². The van der Waals surface area contributed by atoms with E-state index in [-0.39, 0.29) is 5.56 Å². The van der Waals surface area contributed by atoms with Crippen molar-refractivity contribution in [1.82, 2.24) is 0 Å². The minimum Gasteiger partial charge on any atom is -0.504 e. The van der Waals surface area contributed by atoms with Crippen molar-refractivity contribution >= 4 is 0 Å². The summed E-state index contributed by atoms with van der Waals surface area (Å²) < 4.78 is 40.1. The molecule has 0 fully saturated rings. The Morgan fingerprint density at radius 1 is 1.22 bits per heavy atom. The summed E-state index contributed by atoms with van der Waals surface area (Å²) in [6.45, 7) is 5.48. The number of phenols is 1. The highest BCUT2D eigenvalue weighted by atomic mass is 19.4. The maximum atomic E-state index is 12.1. The Labute approximate surface area is 103 Å². The minimum atomic E-state index is -4.85. The number of aromatic hydroxyl groups is 1. The summed E-state index contributed by atoms with van der Waals surface area (Å²) in [5.41, 5.74) is 5.74. The van der Waals surface area contributed by atoms with E-state index in [4.69, 9.17) is 5.73 Å². The van der Waals surface area contributed by atoms with E-state index < -0.39 is 29.3 Å². The molecule has 1 aromatic carbocycles. The zero-order chi connectivity index (χ0) is 14.1. The Morgan fingerprint density at radius 2 is 1.78 bits per heavy atom. The summed E-state index contributed by atoms with van der Waals surface area (Å²) in [7, 11) is 0. The zero-order valence-corrected chi connectivity index (χ0v) is 10.4. The van der Waals surface area contributed by atoms with Crippen LogP contribution in [0.5, 0.6) is 11.5 Å². The first-order chi connectivity index (χ1) is 8.02. The van der Waals surface area contributed by atoms with Crippen LogP contribution >= 0.6 is 0 Å². The lowest BCUT2D eigenvalue weighted by Gasteiger charge is -2.28. The van der Waals surface area contributed by atoms with Crippen molar-refractivity contribution in [1.29, 1.82) is 0 Å².